The topological polar surface area (TPSA) is 56.6 Å². The summed E-state index contributed by atoms with van der Waals surface area (Å²) in [6.07, 6.45) is 2.16. The van der Waals surface area contributed by atoms with Crippen molar-refractivity contribution >= 4 is 10.9 Å². The maximum absolute atomic E-state index is 12.7. The number of benzene rings is 1. The molecule has 4 rings (SSSR count). The van der Waals surface area contributed by atoms with Crippen LogP contribution in [0.1, 0.15) is 24.7 Å². The smallest absolute Gasteiger partial charge is 0.261 e. The van der Waals surface area contributed by atoms with E-state index in [1.54, 1.807) is 4.57 Å². The van der Waals surface area contributed by atoms with Crippen molar-refractivity contribution in [2.75, 3.05) is 39.5 Å². The summed E-state index contributed by atoms with van der Waals surface area (Å²) >= 11 is 0. The molecule has 25 heavy (non-hydrogen) atoms. The van der Waals surface area contributed by atoms with Crippen molar-refractivity contribution in [1.82, 2.24) is 14.5 Å². The minimum atomic E-state index is 0.0357. The highest BCUT2D eigenvalue weighted by Crippen LogP contribution is 2.31. The van der Waals surface area contributed by atoms with Gasteiger partial charge in [-0.05, 0) is 31.5 Å². The van der Waals surface area contributed by atoms with Gasteiger partial charge in [0, 0.05) is 19.5 Å². The lowest BCUT2D eigenvalue weighted by molar-refractivity contribution is 0.0977. The Bertz CT molecular complexity index is 796. The van der Waals surface area contributed by atoms with E-state index in [0.29, 0.717) is 24.5 Å². The highest BCUT2D eigenvalue weighted by Gasteiger charge is 2.31. The van der Waals surface area contributed by atoms with E-state index in [4.69, 9.17) is 14.5 Å². The van der Waals surface area contributed by atoms with Crippen LogP contribution in [0.5, 0.6) is 0 Å². The van der Waals surface area contributed by atoms with Crippen LogP contribution < -0.4 is 5.56 Å². The zero-order valence-electron chi connectivity index (χ0n) is 14.7. The summed E-state index contributed by atoms with van der Waals surface area (Å²) in [6, 6.07) is 7.78. The fourth-order valence-corrected chi connectivity index (χ4v) is 3.97. The van der Waals surface area contributed by atoms with Crippen LogP contribution in [0.3, 0.4) is 0 Å². The van der Waals surface area contributed by atoms with Gasteiger partial charge in [-0.2, -0.15) is 0 Å². The molecule has 0 amide bonds. The van der Waals surface area contributed by atoms with Crippen molar-refractivity contribution in [3.63, 3.8) is 0 Å². The van der Waals surface area contributed by atoms with E-state index in [2.05, 4.69) is 4.90 Å². The van der Waals surface area contributed by atoms with Crippen LogP contribution in [0, 0.1) is 5.92 Å². The summed E-state index contributed by atoms with van der Waals surface area (Å²) in [7, 11) is 1.84. The van der Waals surface area contributed by atoms with E-state index in [0.717, 1.165) is 50.5 Å². The number of likely N-dealkylation sites (tertiary alicyclic amines) is 1. The molecule has 2 saturated heterocycles. The lowest BCUT2D eigenvalue weighted by atomic mass is 10.1. The second-order valence-electron chi connectivity index (χ2n) is 7.02. The number of nitrogens with zero attached hydrogens (tertiary/aromatic N) is 3. The van der Waals surface area contributed by atoms with E-state index in [9.17, 15) is 4.79 Å². The van der Waals surface area contributed by atoms with Crippen molar-refractivity contribution in [2.45, 2.75) is 18.9 Å². The predicted octanol–water partition coefficient (Wildman–Crippen LogP) is 1.73. The molecule has 1 aromatic carbocycles. The Kier molecular flexibility index (Phi) is 4.83. The van der Waals surface area contributed by atoms with Crippen LogP contribution in [0.2, 0.25) is 0 Å². The van der Waals surface area contributed by atoms with Crippen LogP contribution in [0.4, 0.5) is 0 Å². The molecule has 0 radical (unpaired) electrons. The van der Waals surface area contributed by atoms with Crippen molar-refractivity contribution in [3.05, 3.63) is 40.4 Å². The van der Waals surface area contributed by atoms with Crippen molar-refractivity contribution in [2.24, 2.45) is 13.0 Å². The predicted molar refractivity (Wildman–Crippen MR) is 95.7 cm³/mol. The van der Waals surface area contributed by atoms with Crippen LogP contribution in [0.15, 0.2) is 29.1 Å². The molecule has 1 atom stereocenters. The van der Waals surface area contributed by atoms with Gasteiger partial charge in [0.1, 0.15) is 5.82 Å². The molecular formula is C19H25N3O3. The summed E-state index contributed by atoms with van der Waals surface area (Å²) in [5.74, 6) is 1.25. The Morgan fingerprint density at radius 1 is 1.20 bits per heavy atom. The maximum atomic E-state index is 12.7. The first kappa shape index (κ1) is 16.7. The number of hydrogen-bond donors (Lipinski definition) is 0. The Labute approximate surface area is 147 Å². The SMILES string of the molecule is Cn1c(C2CCCN2CC2COCCOC2)nc2ccccc2c1=O. The van der Waals surface area contributed by atoms with E-state index in [-0.39, 0.29) is 11.6 Å². The van der Waals surface area contributed by atoms with Crippen LogP contribution in [-0.4, -0.2) is 54.0 Å². The van der Waals surface area contributed by atoms with Gasteiger partial charge in [0.25, 0.3) is 5.56 Å². The molecular weight excluding hydrogens is 318 g/mol. The summed E-state index contributed by atoms with van der Waals surface area (Å²) in [6.45, 7) is 4.80. The zero-order chi connectivity index (χ0) is 17.2. The van der Waals surface area contributed by atoms with E-state index in [1.807, 2.05) is 31.3 Å². The third-order valence-corrected chi connectivity index (χ3v) is 5.25. The molecule has 6 nitrogen and oxygen atoms in total. The Morgan fingerprint density at radius 3 is 2.76 bits per heavy atom. The molecule has 2 aliphatic rings. The van der Waals surface area contributed by atoms with Gasteiger partial charge in [0.2, 0.25) is 0 Å². The molecule has 0 bridgehead atoms. The zero-order valence-corrected chi connectivity index (χ0v) is 14.7. The van der Waals surface area contributed by atoms with E-state index >= 15 is 0 Å². The number of para-hydroxylation sites is 1. The average Bonchev–Trinajstić information content (AvgIpc) is 2.92. The lowest BCUT2D eigenvalue weighted by Gasteiger charge is -2.28. The molecule has 2 aromatic rings. The minimum absolute atomic E-state index is 0.0357. The molecule has 1 aromatic heterocycles. The molecule has 6 heteroatoms. The van der Waals surface area contributed by atoms with Gasteiger partial charge in [0.05, 0.1) is 43.4 Å². The Balaban J connectivity index is 1.62. The summed E-state index contributed by atoms with van der Waals surface area (Å²) < 4.78 is 13.0. The summed E-state index contributed by atoms with van der Waals surface area (Å²) in [5.41, 5.74) is 0.821. The van der Waals surface area contributed by atoms with Crippen molar-refractivity contribution in [3.8, 4) is 0 Å². The first-order valence-electron chi connectivity index (χ1n) is 9.09. The highest BCUT2D eigenvalue weighted by molar-refractivity contribution is 5.77. The van der Waals surface area contributed by atoms with E-state index in [1.165, 1.54) is 0 Å². The largest absolute Gasteiger partial charge is 0.379 e. The normalized spacial score (nSPS) is 23.2. The fourth-order valence-electron chi connectivity index (χ4n) is 3.97. The number of rotatable bonds is 3. The molecule has 0 spiro atoms. The molecule has 2 fully saturated rings. The van der Waals surface area contributed by atoms with Gasteiger partial charge in [-0.1, -0.05) is 12.1 Å². The average molecular weight is 343 g/mol. The van der Waals surface area contributed by atoms with Gasteiger partial charge < -0.3 is 9.47 Å². The molecule has 1 unspecified atom stereocenters. The van der Waals surface area contributed by atoms with Crippen LogP contribution >= 0.6 is 0 Å². The van der Waals surface area contributed by atoms with Gasteiger partial charge in [-0.25, -0.2) is 4.98 Å². The Morgan fingerprint density at radius 2 is 1.96 bits per heavy atom. The summed E-state index contributed by atoms with van der Waals surface area (Å²) in [4.78, 5) is 20.0. The fraction of sp³-hybridized carbons (Fsp3) is 0.579. The van der Waals surface area contributed by atoms with Crippen LogP contribution in [0.25, 0.3) is 10.9 Å². The van der Waals surface area contributed by atoms with Gasteiger partial charge in [0.15, 0.2) is 0 Å². The minimum Gasteiger partial charge on any atom is -0.379 e. The van der Waals surface area contributed by atoms with Gasteiger partial charge in [-0.15, -0.1) is 0 Å². The van der Waals surface area contributed by atoms with E-state index < -0.39 is 0 Å². The Hall–Kier alpha value is -1.76. The second kappa shape index (κ2) is 7.23. The second-order valence-corrected chi connectivity index (χ2v) is 7.02. The lowest BCUT2D eigenvalue weighted by Crippen LogP contribution is -2.35. The third kappa shape index (κ3) is 3.34. The molecule has 0 saturated carbocycles. The quantitative estimate of drug-likeness (QED) is 0.850. The standard InChI is InChI=1S/C19H25N3O3/c1-21-18(20-16-6-3-2-5-15(16)19(21)23)17-7-4-8-22(17)11-14-12-24-9-10-25-13-14/h2-3,5-6,14,17H,4,7-13H2,1H3. The maximum Gasteiger partial charge on any atom is 0.261 e. The number of hydrogen-bond acceptors (Lipinski definition) is 5. The van der Waals surface area contributed by atoms with Crippen LogP contribution in [-0.2, 0) is 16.5 Å². The molecule has 0 aliphatic carbocycles. The van der Waals surface area contributed by atoms with Gasteiger partial charge >= 0.3 is 0 Å². The number of aromatic nitrogens is 2. The summed E-state index contributed by atoms with van der Waals surface area (Å²) in [5, 5.41) is 0.684. The third-order valence-electron chi connectivity index (χ3n) is 5.25. The van der Waals surface area contributed by atoms with Crippen molar-refractivity contribution < 1.29 is 9.47 Å². The highest BCUT2D eigenvalue weighted by atomic mass is 16.5. The first-order chi connectivity index (χ1) is 12.2. The molecule has 2 aliphatic heterocycles. The number of ether oxygens (including phenoxy) is 2. The molecule has 3 heterocycles. The number of fused-ring (bicyclic) bond motifs is 1. The van der Waals surface area contributed by atoms with Gasteiger partial charge in [-0.3, -0.25) is 14.3 Å². The monoisotopic (exact) mass is 343 g/mol. The van der Waals surface area contributed by atoms with Crippen molar-refractivity contribution in [1.29, 1.82) is 0 Å². The molecule has 134 valence electrons. The molecule has 0 N–H and O–H groups in total. The first-order valence-corrected chi connectivity index (χ1v) is 9.09.